The first-order chi connectivity index (χ1) is 15.1. The van der Waals surface area contributed by atoms with Gasteiger partial charge in [0, 0.05) is 42.6 Å². The molecule has 1 fully saturated rings. The standard InChI is InChI=1S/C25H36N4O3/c1-24(2)12-20(13-25(3,4)28-24)29(16-19-7-6-10-27-14-19)15-18-8-9-21(22(11-18)31-5)32-17-23(26)30/h6-11,14,20,28H,12-13,15-17H2,1-5H3,(H2,26,30). The Morgan fingerprint density at radius 2 is 1.81 bits per heavy atom. The maximum atomic E-state index is 11.1. The highest BCUT2D eigenvalue weighted by molar-refractivity contribution is 5.75. The van der Waals surface area contributed by atoms with Crippen LogP contribution >= 0.6 is 0 Å². The van der Waals surface area contributed by atoms with Crippen molar-refractivity contribution >= 4 is 5.91 Å². The summed E-state index contributed by atoms with van der Waals surface area (Å²) in [5.74, 6) is 0.587. The number of aromatic nitrogens is 1. The molecule has 3 rings (SSSR count). The van der Waals surface area contributed by atoms with Gasteiger partial charge in [-0.2, -0.15) is 0 Å². The lowest BCUT2D eigenvalue weighted by Crippen LogP contribution is -2.62. The molecule has 1 saturated heterocycles. The van der Waals surface area contributed by atoms with Crippen LogP contribution < -0.4 is 20.5 Å². The van der Waals surface area contributed by atoms with Crippen LogP contribution in [-0.4, -0.2) is 46.6 Å². The van der Waals surface area contributed by atoms with E-state index in [9.17, 15) is 4.79 Å². The predicted octanol–water partition coefficient (Wildman–Crippen LogP) is 3.27. The van der Waals surface area contributed by atoms with E-state index < -0.39 is 5.91 Å². The third kappa shape index (κ3) is 6.68. The van der Waals surface area contributed by atoms with Crippen LogP contribution in [0.2, 0.25) is 0 Å². The molecule has 1 aromatic heterocycles. The number of benzene rings is 1. The Balaban J connectivity index is 1.86. The Morgan fingerprint density at radius 3 is 2.41 bits per heavy atom. The van der Waals surface area contributed by atoms with Crippen LogP contribution in [0, 0.1) is 0 Å². The summed E-state index contributed by atoms with van der Waals surface area (Å²) in [4.78, 5) is 17.9. The number of rotatable bonds is 9. The summed E-state index contributed by atoms with van der Waals surface area (Å²) in [6.45, 7) is 10.5. The molecule has 0 aliphatic carbocycles. The molecule has 0 radical (unpaired) electrons. The summed E-state index contributed by atoms with van der Waals surface area (Å²) >= 11 is 0. The quantitative estimate of drug-likeness (QED) is 0.622. The zero-order valence-corrected chi connectivity index (χ0v) is 19.9. The first-order valence-electron chi connectivity index (χ1n) is 11.1. The van der Waals surface area contributed by atoms with Crippen molar-refractivity contribution in [3.8, 4) is 11.5 Å². The third-order valence-corrected chi connectivity index (χ3v) is 5.78. The highest BCUT2D eigenvalue weighted by Crippen LogP contribution is 2.34. The van der Waals surface area contributed by atoms with Crippen LogP contribution in [0.15, 0.2) is 42.7 Å². The predicted molar refractivity (Wildman–Crippen MR) is 125 cm³/mol. The lowest BCUT2D eigenvalue weighted by atomic mass is 9.79. The Kier molecular flexibility index (Phi) is 7.41. The number of carbonyl (C=O) groups excluding carboxylic acids is 1. The van der Waals surface area contributed by atoms with Gasteiger partial charge in [0.15, 0.2) is 18.1 Å². The highest BCUT2D eigenvalue weighted by Gasteiger charge is 2.39. The fraction of sp³-hybridized carbons (Fsp3) is 0.520. The number of hydrogen-bond donors (Lipinski definition) is 2. The molecule has 0 spiro atoms. The molecule has 2 heterocycles. The van der Waals surface area contributed by atoms with E-state index in [-0.39, 0.29) is 17.7 Å². The van der Waals surface area contributed by atoms with Gasteiger partial charge in [0.05, 0.1) is 7.11 Å². The largest absolute Gasteiger partial charge is 0.493 e. The van der Waals surface area contributed by atoms with Crippen LogP contribution in [0.1, 0.15) is 51.7 Å². The van der Waals surface area contributed by atoms with Gasteiger partial charge in [0.2, 0.25) is 0 Å². The van der Waals surface area contributed by atoms with E-state index in [2.05, 4.69) is 49.0 Å². The van der Waals surface area contributed by atoms with E-state index in [1.807, 2.05) is 30.5 Å². The molecular weight excluding hydrogens is 404 g/mol. The number of primary amides is 1. The number of methoxy groups -OCH3 is 1. The summed E-state index contributed by atoms with van der Waals surface area (Å²) in [5, 5.41) is 3.78. The number of hydrogen-bond acceptors (Lipinski definition) is 6. The van der Waals surface area contributed by atoms with Crippen LogP contribution in [0.5, 0.6) is 11.5 Å². The number of nitrogens with two attached hydrogens (primary N) is 1. The van der Waals surface area contributed by atoms with E-state index in [4.69, 9.17) is 15.2 Å². The van der Waals surface area contributed by atoms with Gasteiger partial charge in [-0.1, -0.05) is 12.1 Å². The molecule has 7 nitrogen and oxygen atoms in total. The van der Waals surface area contributed by atoms with Crippen LogP contribution in [-0.2, 0) is 17.9 Å². The average Bonchev–Trinajstić information content (AvgIpc) is 2.70. The molecule has 0 atom stereocenters. The van der Waals surface area contributed by atoms with Crippen molar-refractivity contribution in [1.29, 1.82) is 0 Å². The Morgan fingerprint density at radius 1 is 1.12 bits per heavy atom. The number of piperidine rings is 1. The first kappa shape index (κ1) is 24.0. The van der Waals surface area contributed by atoms with Gasteiger partial charge < -0.3 is 20.5 Å². The van der Waals surface area contributed by atoms with E-state index in [1.165, 1.54) is 5.56 Å². The molecule has 32 heavy (non-hydrogen) atoms. The second kappa shape index (κ2) is 9.88. The van der Waals surface area contributed by atoms with Gasteiger partial charge in [0.1, 0.15) is 0 Å². The fourth-order valence-electron chi connectivity index (χ4n) is 4.88. The highest BCUT2D eigenvalue weighted by atomic mass is 16.5. The molecule has 2 aromatic rings. The lowest BCUT2D eigenvalue weighted by molar-refractivity contribution is -0.119. The van der Waals surface area contributed by atoms with E-state index in [0.29, 0.717) is 17.5 Å². The topological polar surface area (TPSA) is 89.7 Å². The molecule has 0 unspecified atom stereocenters. The Hall–Kier alpha value is -2.64. The third-order valence-electron chi connectivity index (χ3n) is 5.78. The van der Waals surface area contributed by atoms with Gasteiger partial charge >= 0.3 is 0 Å². The summed E-state index contributed by atoms with van der Waals surface area (Å²) in [7, 11) is 1.60. The Labute approximate surface area is 191 Å². The molecule has 1 aliphatic heterocycles. The molecule has 3 N–H and O–H groups in total. The molecule has 1 amide bonds. The molecule has 0 bridgehead atoms. The zero-order chi connectivity index (χ0) is 23.4. The van der Waals surface area contributed by atoms with Gasteiger partial charge in [-0.3, -0.25) is 14.7 Å². The van der Waals surface area contributed by atoms with Crippen LogP contribution in [0.3, 0.4) is 0 Å². The molecule has 1 aliphatic rings. The normalized spacial score (nSPS) is 17.8. The van der Waals surface area contributed by atoms with Crippen molar-refractivity contribution in [1.82, 2.24) is 15.2 Å². The molecule has 0 saturated carbocycles. The molecule has 7 heteroatoms. The van der Waals surface area contributed by atoms with E-state index in [0.717, 1.165) is 31.5 Å². The zero-order valence-electron chi connectivity index (χ0n) is 19.9. The minimum Gasteiger partial charge on any atom is -0.493 e. The maximum absolute atomic E-state index is 11.1. The second-order valence-corrected chi connectivity index (χ2v) is 9.96. The van der Waals surface area contributed by atoms with Gasteiger partial charge in [-0.05, 0) is 69.9 Å². The van der Waals surface area contributed by atoms with Gasteiger partial charge in [-0.15, -0.1) is 0 Å². The number of nitrogens with zero attached hydrogens (tertiary/aromatic N) is 2. The summed E-state index contributed by atoms with van der Waals surface area (Å²) in [6, 6.07) is 10.3. The average molecular weight is 441 g/mol. The van der Waals surface area contributed by atoms with Crippen molar-refractivity contribution in [2.75, 3.05) is 13.7 Å². The maximum Gasteiger partial charge on any atom is 0.255 e. The number of carbonyl (C=O) groups is 1. The van der Waals surface area contributed by atoms with E-state index in [1.54, 1.807) is 13.3 Å². The minimum absolute atomic E-state index is 0.0454. The summed E-state index contributed by atoms with van der Waals surface area (Å²) in [5.41, 5.74) is 7.60. The molecule has 174 valence electrons. The number of pyridine rings is 1. The fourth-order valence-corrected chi connectivity index (χ4v) is 4.88. The van der Waals surface area contributed by atoms with Crippen LogP contribution in [0.25, 0.3) is 0 Å². The number of nitrogens with one attached hydrogen (secondary N) is 1. The smallest absolute Gasteiger partial charge is 0.255 e. The second-order valence-electron chi connectivity index (χ2n) is 9.96. The van der Waals surface area contributed by atoms with E-state index >= 15 is 0 Å². The van der Waals surface area contributed by atoms with Crippen molar-refractivity contribution in [3.05, 3.63) is 53.9 Å². The molecular formula is C25H36N4O3. The van der Waals surface area contributed by atoms with Crippen molar-refractivity contribution in [3.63, 3.8) is 0 Å². The summed E-state index contributed by atoms with van der Waals surface area (Å²) < 4.78 is 11.0. The van der Waals surface area contributed by atoms with Crippen molar-refractivity contribution in [2.45, 2.75) is 70.7 Å². The van der Waals surface area contributed by atoms with Crippen molar-refractivity contribution in [2.24, 2.45) is 5.73 Å². The monoisotopic (exact) mass is 440 g/mol. The number of ether oxygens (including phenoxy) is 2. The van der Waals surface area contributed by atoms with Gasteiger partial charge in [-0.25, -0.2) is 0 Å². The lowest BCUT2D eigenvalue weighted by Gasteiger charge is -2.49. The number of amides is 1. The Bertz CT molecular complexity index is 899. The SMILES string of the molecule is COc1cc(CN(Cc2cccnc2)C2CC(C)(C)NC(C)(C)C2)ccc1OCC(N)=O. The van der Waals surface area contributed by atoms with Gasteiger partial charge in [0.25, 0.3) is 5.91 Å². The van der Waals surface area contributed by atoms with Crippen LogP contribution in [0.4, 0.5) is 0 Å². The molecule has 1 aromatic carbocycles. The summed E-state index contributed by atoms with van der Waals surface area (Å²) in [6.07, 6.45) is 5.84. The first-order valence-corrected chi connectivity index (χ1v) is 11.1. The van der Waals surface area contributed by atoms with Crippen molar-refractivity contribution < 1.29 is 14.3 Å². The minimum atomic E-state index is -0.519.